The Morgan fingerprint density at radius 1 is 1.07 bits per heavy atom. The number of benzene rings is 2. The molecule has 148 valence electrons. The Morgan fingerprint density at radius 3 is 2.62 bits per heavy atom. The molecule has 7 nitrogen and oxygen atoms in total. The minimum Gasteiger partial charge on any atom is -0.465 e. The predicted molar refractivity (Wildman–Crippen MR) is 112 cm³/mol. The van der Waals surface area contributed by atoms with Gasteiger partial charge in [-0.15, -0.1) is 0 Å². The number of nitrogens with one attached hydrogen (secondary N) is 2. The molecule has 0 aliphatic rings. The van der Waals surface area contributed by atoms with Crippen LogP contribution in [0.15, 0.2) is 54.7 Å². The normalized spacial score (nSPS) is 10.3. The number of anilines is 3. The van der Waals surface area contributed by atoms with Crippen molar-refractivity contribution >= 4 is 29.2 Å². The van der Waals surface area contributed by atoms with Gasteiger partial charge in [0.25, 0.3) is 5.91 Å². The first-order valence-corrected chi connectivity index (χ1v) is 9.20. The predicted octanol–water partition coefficient (Wildman–Crippen LogP) is 4.13. The molecular formula is C22H22N4O3. The summed E-state index contributed by atoms with van der Waals surface area (Å²) in [6.07, 6.45) is 2.37. The number of esters is 1. The van der Waals surface area contributed by atoms with Gasteiger partial charge < -0.3 is 15.4 Å². The highest BCUT2D eigenvalue weighted by Crippen LogP contribution is 2.24. The van der Waals surface area contributed by atoms with E-state index in [1.807, 2.05) is 25.1 Å². The Hall–Kier alpha value is -3.74. The molecule has 0 saturated carbocycles. The highest BCUT2D eigenvalue weighted by molar-refractivity contribution is 6.07. The summed E-state index contributed by atoms with van der Waals surface area (Å²) in [5, 5.41) is 5.92. The van der Waals surface area contributed by atoms with Crippen molar-refractivity contribution in [3.8, 4) is 0 Å². The summed E-state index contributed by atoms with van der Waals surface area (Å²) in [5.41, 5.74) is 3.93. The first-order valence-electron chi connectivity index (χ1n) is 9.20. The maximum atomic E-state index is 12.7. The van der Waals surface area contributed by atoms with E-state index >= 15 is 0 Å². The van der Waals surface area contributed by atoms with Gasteiger partial charge in [0, 0.05) is 11.9 Å². The smallest absolute Gasteiger partial charge is 0.339 e. The fraction of sp³-hybridized carbons (Fsp3) is 0.182. The van der Waals surface area contributed by atoms with Gasteiger partial charge in [0.15, 0.2) is 0 Å². The largest absolute Gasteiger partial charge is 0.465 e. The zero-order valence-electron chi connectivity index (χ0n) is 16.5. The molecule has 3 aromatic rings. The number of hydrogen-bond donors (Lipinski definition) is 2. The molecule has 2 aromatic carbocycles. The number of carbonyl (C=O) groups excluding carboxylic acids is 2. The quantitative estimate of drug-likeness (QED) is 0.615. The molecule has 1 heterocycles. The van der Waals surface area contributed by atoms with Crippen LogP contribution in [0.1, 0.15) is 38.9 Å². The van der Waals surface area contributed by atoms with Gasteiger partial charge >= 0.3 is 5.97 Å². The number of ether oxygens (including phenoxy) is 1. The molecule has 1 aromatic heterocycles. The maximum absolute atomic E-state index is 12.7. The number of nitrogens with zero attached hydrogens (tertiary/aromatic N) is 2. The van der Waals surface area contributed by atoms with E-state index in [1.54, 1.807) is 24.3 Å². The van der Waals surface area contributed by atoms with Crippen LogP contribution in [0.5, 0.6) is 0 Å². The standard InChI is InChI=1S/C22H22N4O3/c1-4-15-9-7-8-14(2)19(15)26-22-23-13-12-18(25-22)20(27)24-17-11-6-5-10-16(17)21(28)29-3/h5-13H,4H2,1-3H3,(H,24,27)(H,23,25,26). The van der Waals surface area contributed by atoms with Crippen molar-refractivity contribution in [2.24, 2.45) is 0 Å². The zero-order valence-corrected chi connectivity index (χ0v) is 16.5. The van der Waals surface area contributed by atoms with Crippen LogP contribution in [-0.4, -0.2) is 29.0 Å². The lowest BCUT2D eigenvalue weighted by atomic mass is 10.1. The number of rotatable bonds is 6. The number of hydrogen-bond acceptors (Lipinski definition) is 6. The molecule has 0 spiro atoms. The van der Waals surface area contributed by atoms with E-state index in [1.165, 1.54) is 19.4 Å². The molecule has 0 fully saturated rings. The molecule has 2 N–H and O–H groups in total. The Labute approximate surface area is 169 Å². The Kier molecular flexibility index (Phi) is 6.19. The van der Waals surface area contributed by atoms with Crippen molar-refractivity contribution in [1.29, 1.82) is 0 Å². The second-order valence-electron chi connectivity index (χ2n) is 6.34. The van der Waals surface area contributed by atoms with Crippen molar-refractivity contribution < 1.29 is 14.3 Å². The topological polar surface area (TPSA) is 93.2 Å². The SMILES string of the molecule is CCc1cccc(C)c1Nc1nccc(C(=O)Nc2ccccc2C(=O)OC)n1. The number of methoxy groups -OCH3 is 1. The van der Waals surface area contributed by atoms with Gasteiger partial charge in [0.05, 0.1) is 18.4 Å². The van der Waals surface area contributed by atoms with Crippen LogP contribution in [0.25, 0.3) is 0 Å². The number of para-hydroxylation sites is 2. The number of aryl methyl sites for hydroxylation is 2. The first-order chi connectivity index (χ1) is 14.0. The van der Waals surface area contributed by atoms with Gasteiger partial charge in [-0.2, -0.15) is 0 Å². The Balaban J connectivity index is 1.84. The third-order valence-electron chi connectivity index (χ3n) is 4.45. The van der Waals surface area contributed by atoms with Crippen molar-refractivity contribution in [3.05, 3.63) is 77.1 Å². The summed E-state index contributed by atoms with van der Waals surface area (Å²) in [4.78, 5) is 33.1. The van der Waals surface area contributed by atoms with Crippen LogP contribution in [0.2, 0.25) is 0 Å². The van der Waals surface area contributed by atoms with Crippen molar-refractivity contribution in [3.63, 3.8) is 0 Å². The second kappa shape index (κ2) is 8.97. The van der Waals surface area contributed by atoms with Crippen LogP contribution >= 0.6 is 0 Å². The second-order valence-corrected chi connectivity index (χ2v) is 6.34. The molecule has 0 aliphatic carbocycles. The van der Waals surface area contributed by atoms with Crippen LogP contribution < -0.4 is 10.6 Å². The highest BCUT2D eigenvalue weighted by Gasteiger charge is 2.16. The van der Waals surface area contributed by atoms with Gasteiger partial charge in [-0.1, -0.05) is 37.3 Å². The van der Waals surface area contributed by atoms with Gasteiger partial charge in [-0.05, 0) is 42.7 Å². The Bertz CT molecular complexity index is 1050. The molecule has 0 bridgehead atoms. The molecule has 0 aliphatic heterocycles. The molecule has 0 atom stereocenters. The van der Waals surface area contributed by atoms with Crippen LogP contribution in [-0.2, 0) is 11.2 Å². The molecule has 3 rings (SSSR count). The average molecular weight is 390 g/mol. The molecule has 0 unspecified atom stereocenters. The summed E-state index contributed by atoms with van der Waals surface area (Å²) in [7, 11) is 1.29. The Morgan fingerprint density at radius 2 is 1.86 bits per heavy atom. The van der Waals surface area contributed by atoms with Crippen molar-refractivity contribution in [2.45, 2.75) is 20.3 Å². The van der Waals surface area contributed by atoms with E-state index in [9.17, 15) is 9.59 Å². The average Bonchev–Trinajstić information content (AvgIpc) is 2.75. The van der Waals surface area contributed by atoms with E-state index in [0.29, 0.717) is 11.6 Å². The number of carbonyl (C=O) groups is 2. The minimum atomic E-state index is -0.530. The van der Waals surface area contributed by atoms with E-state index < -0.39 is 11.9 Å². The van der Waals surface area contributed by atoms with Gasteiger partial charge in [-0.25, -0.2) is 14.8 Å². The fourth-order valence-corrected chi connectivity index (χ4v) is 2.93. The first kappa shape index (κ1) is 20.0. The van der Waals surface area contributed by atoms with Crippen molar-refractivity contribution in [1.82, 2.24) is 9.97 Å². The van der Waals surface area contributed by atoms with E-state index in [4.69, 9.17) is 4.74 Å². The van der Waals surface area contributed by atoms with Gasteiger partial charge in [0.1, 0.15) is 5.69 Å². The van der Waals surface area contributed by atoms with E-state index in [-0.39, 0.29) is 11.3 Å². The molecule has 0 saturated heterocycles. The molecular weight excluding hydrogens is 368 g/mol. The lowest BCUT2D eigenvalue weighted by Gasteiger charge is -2.13. The van der Waals surface area contributed by atoms with E-state index in [0.717, 1.165) is 23.2 Å². The summed E-state index contributed by atoms with van der Waals surface area (Å²) in [6, 6.07) is 14.2. The molecule has 7 heteroatoms. The minimum absolute atomic E-state index is 0.175. The lowest BCUT2D eigenvalue weighted by Crippen LogP contribution is -2.17. The monoisotopic (exact) mass is 390 g/mol. The van der Waals surface area contributed by atoms with Crippen LogP contribution in [0.3, 0.4) is 0 Å². The number of aromatic nitrogens is 2. The fourth-order valence-electron chi connectivity index (χ4n) is 2.93. The molecule has 1 amide bonds. The van der Waals surface area contributed by atoms with Crippen LogP contribution in [0, 0.1) is 6.92 Å². The van der Waals surface area contributed by atoms with E-state index in [2.05, 4.69) is 27.5 Å². The summed E-state index contributed by atoms with van der Waals surface area (Å²) in [6.45, 7) is 4.07. The molecule has 29 heavy (non-hydrogen) atoms. The summed E-state index contributed by atoms with van der Waals surface area (Å²) < 4.78 is 4.76. The summed E-state index contributed by atoms with van der Waals surface area (Å²) >= 11 is 0. The summed E-state index contributed by atoms with van der Waals surface area (Å²) in [5.74, 6) is -0.659. The highest BCUT2D eigenvalue weighted by atomic mass is 16.5. The third-order valence-corrected chi connectivity index (χ3v) is 4.45. The maximum Gasteiger partial charge on any atom is 0.339 e. The lowest BCUT2D eigenvalue weighted by molar-refractivity contribution is 0.0602. The third kappa shape index (κ3) is 4.57. The van der Waals surface area contributed by atoms with Gasteiger partial charge in [-0.3, -0.25) is 4.79 Å². The van der Waals surface area contributed by atoms with Gasteiger partial charge in [0.2, 0.25) is 5.95 Å². The molecule has 0 radical (unpaired) electrons. The zero-order chi connectivity index (χ0) is 20.8. The number of amides is 1. The van der Waals surface area contributed by atoms with Crippen molar-refractivity contribution in [2.75, 3.05) is 17.7 Å². The van der Waals surface area contributed by atoms with Crippen LogP contribution in [0.4, 0.5) is 17.3 Å².